The largest absolute Gasteiger partial charge is 0.480 e. The lowest BCUT2D eigenvalue weighted by atomic mass is 10.1. The Bertz CT molecular complexity index is 474. The van der Waals surface area contributed by atoms with Crippen LogP contribution in [0.1, 0.15) is 24.2 Å². The average molecular weight is 290 g/mol. The van der Waals surface area contributed by atoms with Crippen molar-refractivity contribution in [3.05, 3.63) is 33.8 Å². The van der Waals surface area contributed by atoms with E-state index in [2.05, 4.69) is 0 Å². The van der Waals surface area contributed by atoms with Crippen molar-refractivity contribution >= 4 is 35.1 Å². The second kappa shape index (κ2) is 6.07. The number of carboxylic acid groups (broad SMARTS) is 1. The van der Waals surface area contributed by atoms with Gasteiger partial charge in [0.15, 0.2) is 0 Å². The van der Waals surface area contributed by atoms with Gasteiger partial charge in [0.1, 0.15) is 6.54 Å². The Morgan fingerprint density at radius 1 is 1.33 bits per heavy atom. The Morgan fingerprint density at radius 3 is 2.44 bits per heavy atom. The van der Waals surface area contributed by atoms with Gasteiger partial charge in [-0.25, -0.2) is 0 Å². The van der Waals surface area contributed by atoms with Crippen LogP contribution in [0.15, 0.2) is 18.2 Å². The zero-order valence-corrected chi connectivity index (χ0v) is 11.5. The van der Waals surface area contributed by atoms with E-state index >= 15 is 0 Å². The maximum Gasteiger partial charge on any atom is 0.323 e. The molecule has 0 spiro atoms. The summed E-state index contributed by atoms with van der Waals surface area (Å²) in [4.78, 5) is 24.2. The van der Waals surface area contributed by atoms with Crippen LogP contribution in [0, 0.1) is 0 Å². The Kier molecular flexibility index (Phi) is 4.99. The molecule has 1 rings (SSSR count). The number of rotatable bonds is 4. The SMILES string of the molecule is CC(C)N(CC(=O)O)C(=O)c1cc(Cl)ccc1Cl. The molecule has 0 saturated carbocycles. The number of carbonyl (C=O) groups is 2. The zero-order chi connectivity index (χ0) is 13.9. The summed E-state index contributed by atoms with van der Waals surface area (Å²) in [6, 6.07) is 4.26. The predicted molar refractivity (Wildman–Crippen MR) is 70.3 cm³/mol. The molecule has 0 saturated heterocycles. The van der Waals surface area contributed by atoms with Crippen molar-refractivity contribution in [2.75, 3.05) is 6.54 Å². The Labute approximate surface area is 115 Å². The van der Waals surface area contributed by atoms with Gasteiger partial charge in [-0.15, -0.1) is 0 Å². The zero-order valence-electron chi connectivity index (χ0n) is 9.98. The summed E-state index contributed by atoms with van der Waals surface area (Å²) in [5.41, 5.74) is 0.208. The fourth-order valence-corrected chi connectivity index (χ4v) is 1.82. The molecule has 18 heavy (non-hydrogen) atoms. The van der Waals surface area contributed by atoms with E-state index in [4.69, 9.17) is 28.3 Å². The predicted octanol–water partition coefficient (Wildman–Crippen LogP) is 2.93. The molecule has 1 aromatic carbocycles. The third-order valence-corrected chi connectivity index (χ3v) is 2.91. The summed E-state index contributed by atoms with van der Waals surface area (Å²) in [6.45, 7) is 3.10. The highest BCUT2D eigenvalue weighted by atomic mass is 35.5. The Morgan fingerprint density at radius 2 is 1.94 bits per heavy atom. The van der Waals surface area contributed by atoms with Crippen molar-refractivity contribution in [2.45, 2.75) is 19.9 Å². The van der Waals surface area contributed by atoms with Gasteiger partial charge >= 0.3 is 5.97 Å². The third kappa shape index (κ3) is 3.62. The van der Waals surface area contributed by atoms with Crippen molar-refractivity contribution in [3.8, 4) is 0 Å². The van der Waals surface area contributed by atoms with Gasteiger partial charge in [-0.05, 0) is 32.0 Å². The van der Waals surface area contributed by atoms with Crippen LogP contribution in [-0.2, 0) is 4.79 Å². The summed E-state index contributed by atoms with van der Waals surface area (Å²) in [5, 5.41) is 9.43. The maximum atomic E-state index is 12.2. The van der Waals surface area contributed by atoms with E-state index in [-0.39, 0.29) is 23.2 Å². The molecule has 0 bridgehead atoms. The number of hydrogen-bond acceptors (Lipinski definition) is 2. The number of carboxylic acids is 1. The summed E-state index contributed by atoms with van der Waals surface area (Å²) in [5.74, 6) is -1.52. The van der Waals surface area contributed by atoms with Crippen LogP contribution in [0.25, 0.3) is 0 Å². The second-order valence-electron chi connectivity index (χ2n) is 4.04. The lowest BCUT2D eigenvalue weighted by molar-refractivity contribution is -0.138. The number of aliphatic carboxylic acids is 1. The van der Waals surface area contributed by atoms with E-state index in [0.717, 1.165) is 0 Å². The molecule has 0 aliphatic heterocycles. The minimum Gasteiger partial charge on any atom is -0.480 e. The van der Waals surface area contributed by atoms with E-state index < -0.39 is 11.9 Å². The molecule has 1 aromatic rings. The lowest BCUT2D eigenvalue weighted by Gasteiger charge is -2.25. The van der Waals surface area contributed by atoms with Gasteiger partial charge in [0.05, 0.1) is 10.6 Å². The third-order valence-electron chi connectivity index (χ3n) is 2.35. The fraction of sp³-hybridized carbons (Fsp3) is 0.333. The Balaban J connectivity index is 3.09. The molecule has 4 nitrogen and oxygen atoms in total. The van der Waals surface area contributed by atoms with Crippen molar-refractivity contribution in [3.63, 3.8) is 0 Å². The van der Waals surface area contributed by atoms with Gasteiger partial charge in [0, 0.05) is 11.1 Å². The van der Waals surface area contributed by atoms with Crippen LogP contribution < -0.4 is 0 Å². The molecule has 0 radical (unpaired) electrons. The van der Waals surface area contributed by atoms with Gasteiger partial charge in [-0.3, -0.25) is 9.59 Å². The number of benzene rings is 1. The van der Waals surface area contributed by atoms with Crippen LogP contribution in [-0.4, -0.2) is 34.5 Å². The normalized spacial score (nSPS) is 10.5. The summed E-state index contributed by atoms with van der Waals surface area (Å²) < 4.78 is 0. The van der Waals surface area contributed by atoms with Gasteiger partial charge in [0.2, 0.25) is 0 Å². The monoisotopic (exact) mass is 289 g/mol. The van der Waals surface area contributed by atoms with Gasteiger partial charge in [-0.2, -0.15) is 0 Å². The van der Waals surface area contributed by atoms with Gasteiger partial charge < -0.3 is 10.0 Å². The molecule has 6 heteroatoms. The first kappa shape index (κ1) is 14.8. The van der Waals surface area contributed by atoms with E-state index in [0.29, 0.717) is 5.02 Å². The lowest BCUT2D eigenvalue weighted by Crippen LogP contribution is -2.40. The molecular weight excluding hydrogens is 277 g/mol. The molecule has 0 aliphatic carbocycles. The molecule has 0 fully saturated rings. The van der Waals surface area contributed by atoms with Crippen molar-refractivity contribution in [2.24, 2.45) is 0 Å². The summed E-state index contributed by atoms with van der Waals surface area (Å²) in [6.07, 6.45) is 0. The van der Waals surface area contributed by atoms with E-state index in [1.165, 1.54) is 17.0 Å². The summed E-state index contributed by atoms with van der Waals surface area (Å²) >= 11 is 11.7. The molecule has 0 aliphatic rings. The van der Waals surface area contributed by atoms with Crippen LogP contribution in [0.4, 0.5) is 0 Å². The standard InChI is InChI=1S/C12H13Cl2NO3/c1-7(2)15(6-11(16)17)12(18)9-5-8(13)3-4-10(9)14/h3-5,7H,6H2,1-2H3,(H,16,17). The highest BCUT2D eigenvalue weighted by Crippen LogP contribution is 2.22. The molecule has 1 amide bonds. The second-order valence-corrected chi connectivity index (χ2v) is 4.89. The first-order chi connectivity index (χ1) is 8.32. The Hall–Kier alpha value is -1.26. The minimum absolute atomic E-state index is 0.208. The molecular formula is C12H13Cl2NO3. The number of carbonyl (C=O) groups excluding carboxylic acids is 1. The van der Waals surface area contributed by atoms with Crippen LogP contribution >= 0.6 is 23.2 Å². The highest BCUT2D eigenvalue weighted by Gasteiger charge is 2.23. The quantitative estimate of drug-likeness (QED) is 0.927. The van der Waals surface area contributed by atoms with E-state index in [1.54, 1.807) is 19.9 Å². The molecule has 0 atom stereocenters. The van der Waals surface area contributed by atoms with Gasteiger partial charge in [0.25, 0.3) is 5.91 Å². The average Bonchev–Trinajstić information content (AvgIpc) is 2.27. The van der Waals surface area contributed by atoms with Gasteiger partial charge in [-0.1, -0.05) is 23.2 Å². The van der Waals surface area contributed by atoms with E-state index in [9.17, 15) is 9.59 Å². The number of amides is 1. The molecule has 1 N–H and O–H groups in total. The molecule has 0 aromatic heterocycles. The minimum atomic E-state index is -1.07. The number of hydrogen-bond donors (Lipinski definition) is 1. The topological polar surface area (TPSA) is 57.6 Å². The number of halogens is 2. The van der Waals surface area contributed by atoms with Crippen LogP contribution in [0.3, 0.4) is 0 Å². The molecule has 0 heterocycles. The van der Waals surface area contributed by atoms with E-state index in [1.807, 2.05) is 0 Å². The maximum absolute atomic E-state index is 12.2. The molecule has 98 valence electrons. The van der Waals surface area contributed by atoms with Crippen molar-refractivity contribution in [1.29, 1.82) is 0 Å². The van der Waals surface area contributed by atoms with Crippen molar-refractivity contribution in [1.82, 2.24) is 4.90 Å². The smallest absolute Gasteiger partial charge is 0.323 e. The van der Waals surface area contributed by atoms with Crippen LogP contribution in [0.5, 0.6) is 0 Å². The summed E-state index contributed by atoms with van der Waals surface area (Å²) in [7, 11) is 0. The van der Waals surface area contributed by atoms with Crippen LogP contribution in [0.2, 0.25) is 10.0 Å². The fourth-order valence-electron chi connectivity index (χ4n) is 1.45. The highest BCUT2D eigenvalue weighted by molar-refractivity contribution is 6.35. The first-order valence-corrected chi connectivity index (χ1v) is 6.06. The first-order valence-electron chi connectivity index (χ1n) is 5.30. The molecule has 0 unspecified atom stereocenters. The number of nitrogens with zero attached hydrogens (tertiary/aromatic N) is 1. The van der Waals surface area contributed by atoms with Crippen molar-refractivity contribution < 1.29 is 14.7 Å².